The van der Waals surface area contributed by atoms with Crippen molar-refractivity contribution in [1.82, 2.24) is 0 Å². The highest BCUT2D eigenvalue weighted by molar-refractivity contribution is 5.15. The van der Waals surface area contributed by atoms with Crippen molar-refractivity contribution in [1.29, 1.82) is 0 Å². The van der Waals surface area contributed by atoms with Crippen LogP contribution in [-0.2, 0) is 11.2 Å². The summed E-state index contributed by atoms with van der Waals surface area (Å²) in [6.07, 6.45) is 9.44. The zero-order valence-electron chi connectivity index (χ0n) is 9.77. The molecule has 1 aliphatic rings. The molecule has 1 aromatic rings. The molecule has 1 fully saturated rings. The summed E-state index contributed by atoms with van der Waals surface area (Å²) in [6, 6.07) is 10.7. The topological polar surface area (TPSA) is 9.23 Å². The van der Waals surface area contributed by atoms with Crippen LogP contribution in [0.1, 0.15) is 24.8 Å². The van der Waals surface area contributed by atoms with Crippen LogP contribution in [0.4, 0.5) is 0 Å². The Balaban J connectivity index is 1.69. The number of allylic oxidation sites excluding steroid dienone is 1. The summed E-state index contributed by atoms with van der Waals surface area (Å²) in [5.74, 6) is 0.657. The Morgan fingerprint density at radius 2 is 2.12 bits per heavy atom. The Morgan fingerprint density at radius 3 is 2.88 bits per heavy atom. The molecule has 0 aromatic heterocycles. The molecule has 0 saturated carbocycles. The van der Waals surface area contributed by atoms with Crippen LogP contribution in [-0.4, -0.2) is 13.2 Å². The molecule has 0 spiro atoms. The van der Waals surface area contributed by atoms with E-state index in [-0.39, 0.29) is 0 Å². The summed E-state index contributed by atoms with van der Waals surface area (Å²) in [6.45, 7) is 1.87. The first-order chi connectivity index (χ1) is 7.95. The van der Waals surface area contributed by atoms with Crippen LogP contribution in [0, 0.1) is 5.92 Å². The van der Waals surface area contributed by atoms with Crippen LogP contribution in [0.3, 0.4) is 0 Å². The van der Waals surface area contributed by atoms with Crippen LogP contribution in [0.2, 0.25) is 0 Å². The fourth-order valence-electron chi connectivity index (χ4n) is 2.10. The minimum absolute atomic E-state index is 0.657. The maximum absolute atomic E-state index is 5.45. The Labute approximate surface area is 98.1 Å². The maximum Gasteiger partial charge on any atom is 0.0528 e. The van der Waals surface area contributed by atoms with Crippen LogP contribution in [0.25, 0.3) is 0 Å². The second-order valence-electron chi connectivity index (χ2n) is 4.43. The van der Waals surface area contributed by atoms with E-state index in [0.29, 0.717) is 5.92 Å². The molecule has 0 amide bonds. The third kappa shape index (κ3) is 3.82. The molecule has 0 N–H and O–H groups in total. The Morgan fingerprint density at radius 1 is 1.25 bits per heavy atom. The molecule has 1 aromatic carbocycles. The minimum Gasteiger partial charge on any atom is -0.381 e. The van der Waals surface area contributed by atoms with Crippen LogP contribution in [0.5, 0.6) is 0 Å². The van der Waals surface area contributed by atoms with Gasteiger partial charge >= 0.3 is 0 Å². The van der Waals surface area contributed by atoms with Gasteiger partial charge in [0, 0.05) is 12.5 Å². The third-order valence-electron chi connectivity index (χ3n) is 3.05. The van der Waals surface area contributed by atoms with E-state index < -0.39 is 0 Å². The second-order valence-corrected chi connectivity index (χ2v) is 4.43. The highest BCUT2D eigenvalue weighted by Gasteiger charge is 2.09. The quantitative estimate of drug-likeness (QED) is 0.699. The van der Waals surface area contributed by atoms with Crippen molar-refractivity contribution in [2.24, 2.45) is 5.92 Å². The van der Waals surface area contributed by atoms with E-state index in [4.69, 9.17) is 4.74 Å². The summed E-state index contributed by atoms with van der Waals surface area (Å²) >= 11 is 0. The summed E-state index contributed by atoms with van der Waals surface area (Å²) in [4.78, 5) is 0. The van der Waals surface area contributed by atoms with E-state index in [0.717, 1.165) is 26.1 Å². The van der Waals surface area contributed by atoms with Crippen LogP contribution >= 0.6 is 0 Å². The molecule has 0 radical (unpaired) electrons. The Bertz CT molecular complexity index is 309. The van der Waals surface area contributed by atoms with Crippen molar-refractivity contribution in [3.05, 3.63) is 48.0 Å². The molecule has 0 aliphatic carbocycles. The largest absolute Gasteiger partial charge is 0.381 e. The predicted octanol–water partition coefficient (Wildman–Crippen LogP) is 3.60. The normalized spacial score (nSPS) is 21.4. The Kier molecular flexibility index (Phi) is 4.63. The summed E-state index contributed by atoms with van der Waals surface area (Å²) in [5, 5.41) is 0. The van der Waals surface area contributed by atoms with Gasteiger partial charge < -0.3 is 4.74 Å². The molecular formula is C15H20O. The number of hydrogen-bond acceptors (Lipinski definition) is 1. The minimum atomic E-state index is 0.657. The molecule has 86 valence electrons. The van der Waals surface area contributed by atoms with Gasteiger partial charge in [0.15, 0.2) is 0 Å². The van der Waals surface area contributed by atoms with Crippen LogP contribution < -0.4 is 0 Å². The van der Waals surface area contributed by atoms with E-state index in [2.05, 4.69) is 42.5 Å². The lowest BCUT2D eigenvalue weighted by atomic mass is 10.0. The van der Waals surface area contributed by atoms with E-state index in [1.165, 1.54) is 18.4 Å². The number of hydrogen-bond donors (Lipinski definition) is 0. The average molecular weight is 216 g/mol. The lowest BCUT2D eigenvalue weighted by molar-refractivity contribution is 0.0709. The fourth-order valence-corrected chi connectivity index (χ4v) is 2.10. The van der Waals surface area contributed by atoms with Gasteiger partial charge in [-0.1, -0.05) is 42.5 Å². The first-order valence-corrected chi connectivity index (χ1v) is 6.23. The Hall–Kier alpha value is -1.08. The highest BCUT2D eigenvalue weighted by Crippen LogP contribution is 2.15. The summed E-state index contributed by atoms with van der Waals surface area (Å²) in [7, 11) is 0. The van der Waals surface area contributed by atoms with Gasteiger partial charge in [-0.2, -0.15) is 0 Å². The molecular weight excluding hydrogens is 196 g/mol. The standard InChI is InChI=1S/C15H20O/c1-2-7-14(8-3-1)9-4-5-10-15-11-6-12-16-13-15/h1-3,5,7-8,10,15H,4,6,9,11-13H2/b10-5+. The monoisotopic (exact) mass is 216 g/mol. The first kappa shape index (κ1) is 11.4. The maximum atomic E-state index is 5.45. The number of rotatable bonds is 4. The lowest BCUT2D eigenvalue weighted by Crippen LogP contribution is -2.14. The first-order valence-electron chi connectivity index (χ1n) is 6.23. The molecule has 16 heavy (non-hydrogen) atoms. The van der Waals surface area contributed by atoms with Gasteiger partial charge in [0.05, 0.1) is 6.61 Å². The number of ether oxygens (including phenoxy) is 1. The fraction of sp³-hybridized carbons (Fsp3) is 0.467. The molecule has 1 saturated heterocycles. The zero-order valence-corrected chi connectivity index (χ0v) is 9.77. The predicted molar refractivity (Wildman–Crippen MR) is 67.4 cm³/mol. The second kappa shape index (κ2) is 6.49. The molecule has 1 atom stereocenters. The van der Waals surface area contributed by atoms with Crippen molar-refractivity contribution in [3.8, 4) is 0 Å². The molecule has 1 heterocycles. The number of benzene rings is 1. The molecule has 2 rings (SSSR count). The van der Waals surface area contributed by atoms with E-state index >= 15 is 0 Å². The van der Waals surface area contributed by atoms with E-state index in [1.54, 1.807) is 0 Å². The number of aryl methyl sites for hydroxylation is 1. The van der Waals surface area contributed by atoms with Crippen LogP contribution in [0.15, 0.2) is 42.5 Å². The van der Waals surface area contributed by atoms with Crippen molar-refractivity contribution < 1.29 is 4.74 Å². The molecule has 1 nitrogen and oxygen atoms in total. The van der Waals surface area contributed by atoms with Crippen molar-refractivity contribution in [2.45, 2.75) is 25.7 Å². The lowest BCUT2D eigenvalue weighted by Gasteiger charge is -2.18. The smallest absolute Gasteiger partial charge is 0.0528 e. The van der Waals surface area contributed by atoms with Crippen molar-refractivity contribution in [2.75, 3.05) is 13.2 Å². The van der Waals surface area contributed by atoms with Gasteiger partial charge in [0.1, 0.15) is 0 Å². The van der Waals surface area contributed by atoms with Gasteiger partial charge in [-0.3, -0.25) is 0 Å². The van der Waals surface area contributed by atoms with Crippen molar-refractivity contribution >= 4 is 0 Å². The molecule has 1 aliphatic heterocycles. The summed E-state index contributed by atoms with van der Waals surface area (Å²) < 4.78 is 5.45. The third-order valence-corrected chi connectivity index (χ3v) is 3.05. The molecule has 1 heteroatoms. The molecule has 0 bridgehead atoms. The van der Waals surface area contributed by atoms with Gasteiger partial charge in [-0.25, -0.2) is 0 Å². The SMILES string of the molecule is C(=C\C1CCCOC1)/CCc1ccccc1. The van der Waals surface area contributed by atoms with Gasteiger partial charge in [-0.05, 0) is 31.2 Å². The van der Waals surface area contributed by atoms with Gasteiger partial charge in [-0.15, -0.1) is 0 Å². The van der Waals surface area contributed by atoms with Gasteiger partial charge in [0.25, 0.3) is 0 Å². The summed E-state index contributed by atoms with van der Waals surface area (Å²) in [5.41, 5.74) is 1.42. The highest BCUT2D eigenvalue weighted by atomic mass is 16.5. The zero-order chi connectivity index (χ0) is 11.1. The molecule has 1 unspecified atom stereocenters. The average Bonchev–Trinajstić information content (AvgIpc) is 2.37. The van der Waals surface area contributed by atoms with Crippen molar-refractivity contribution in [3.63, 3.8) is 0 Å². The van der Waals surface area contributed by atoms with E-state index in [1.807, 2.05) is 0 Å². The van der Waals surface area contributed by atoms with Gasteiger partial charge in [0.2, 0.25) is 0 Å². The van der Waals surface area contributed by atoms with E-state index in [9.17, 15) is 0 Å².